The zero-order chi connectivity index (χ0) is 25.0. The molecule has 2 N–H and O–H groups in total. The first kappa shape index (κ1) is 22.7. The molecule has 2 aliphatic rings. The van der Waals surface area contributed by atoms with Crippen molar-refractivity contribution in [3.63, 3.8) is 0 Å². The van der Waals surface area contributed by atoms with E-state index in [1.807, 2.05) is 6.07 Å². The van der Waals surface area contributed by atoms with Crippen molar-refractivity contribution in [2.75, 3.05) is 21.3 Å². The lowest BCUT2D eigenvalue weighted by Gasteiger charge is -2.39. The Hall–Kier alpha value is -4.04. The van der Waals surface area contributed by atoms with Gasteiger partial charge in [0.2, 0.25) is 5.60 Å². The van der Waals surface area contributed by atoms with Crippen LogP contribution in [0.25, 0.3) is 0 Å². The molecule has 5 rings (SSSR count). The van der Waals surface area contributed by atoms with Crippen molar-refractivity contribution in [3.8, 4) is 23.0 Å². The van der Waals surface area contributed by atoms with Crippen molar-refractivity contribution >= 4 is 11.8 Å². The number of phenolic OH excluding ortho intramolecular Hbond substituents is 1. The van der Waals surface area contributed by atoms with Crippen molar-refractivity contribution < 1.29 is 38.7 Å². The Morgan fingerprint density at radius 3 is 2.26 bits per heavy atom. The molecule has 0 saturated heterocycles. The second kappa shape index (κ2) is 8.02. The molecule has 1 saturated carbocycles. The third kappa shape index (κ3) is 2.89. The molecule has 0 bridgehead atoms. The fourth-order valence-electron chi connectivity index (χ4n) is 5.56. The molecule has 4 atom stereocenters. The molecule has 1 aliphatic heterocycles. The van der Waals surface area contributed by atoms with E-state index in [-0.39, 0.29) is 22.8 Å². The fraction of sp³-hybridized carbons (Fsp3) is 0.259. The SMILES string of the molecule is COC(=O)[C@H]1C(=O)[C@@]2(O)c3c(OC)cc(O)cc3O[C@@]2(c2ccc(OC)cc2)C1c1ccccc1. The Morgan fingerprint density at radius 1 is 0.971 bits per heavy atom. The van der Waals surface area contributed by atoms with Gasteiger partial charge in [-0.25, -0.2) is 0 Å². The molecule has 3 aromatic rings. The number of fused-ring (bicyclic) bond motifs is 3. The van der Waals surface area contributed by atoms with Crippen LogP contribution in [0.1, 0.15) is 22.6 Å². The second-order valence-corrected chi connectivity index (χ2v) is 8.55. The minimum absolute atomic E-state index is 0.0472. The predicted octanol–water partition coefficient (Wildman–Crippen LogP) is 3.04. The van der Waals surface area contributed by atoms with Gasteiger partial charge in [0.1, 0.15) is 28.9 Å². The van der Waals surface area contributed by atoms with Crippen LogP contribution in [-0.2, 0) is 25.5 Å². The Balaban J connectivity index is 1.89. The van der Waals surface area contributed by atoms with E-state index in [9.17, 15) is 19.8 Å². The van der Waals surface area contributed by atoms with E-state index in [0.29, 0.717) is 16.9 Å². The first-order valence-electron chi connectivity index (χ1n) is 11.0. The number of carbonyl (C=O) groups excluding carboxylic acids is 2. The highest BCUT2D eigenvalue weighted by Gasteiger charge is 2.78. The summed E-state index contributed by atoms with van der Waals surface area (Å²) in [5.74, 6) is -3.38. The van der Waals surface area contributed by atoms with E-state index < -0.39 is 34.8 Å². The summed E-state index contributed by atoms with van der Waals surface area (Å²) in [5.41, 5.74) is -3.04. The average molecular weight is 476 g/mol. The lowest BCUT2D eigenvalue weighted by molar-refractivity contribution is -0.155. The zero-order valence-electron chi connectivity index (χ0n) is 19.3. The summed E-state index contributed by atoms with van der Waals surface area (Å²) in [5, 5.41) is 22.7. The van der Waals surface area contributed by atoms with Gasteiger partial charge in [0.15, 0.2) is 11.4 Å². The number of hydrogen-bond donors (Lipinski definition) is 2. The molecular weight excluding hydrogens is 452 g/mol. The maximum atomic E-state index is 14.1. The van der Waals surface area contributed by atoms with E-state index in [4.69, 9.17) is 18.9 Å². The van der Waals surface area contributed by atoms with E-state index >= 15 is 0 Å². The normalized spacial score (nSPS) is 26.5. The number of Topliss-reactive ketones (excluding diaryl/α,β-unsaturated/α-hetero) is 1. The molecular formula is C27H24O8. The summed E-state index contributed by atoms with van der Waals surface area (Å²) in [6, 6.07) is 18.3. The van der Waals surface area contributed by atoms with Crippen LogP contribution in [0.2, 0.25) is 0 Å². The van der Waals surface area contributed by atoms with Crippen LogP contribution in [-0.4, -0.2) is 43.3 Å². The standard InChI is InChI=1S/C27H24O8/c1-32-18-11-9-16(10-12-18)27-22(15-7-5-4-6-8-15)21(25(30)34-3)24(29)26(27,31)23-19(33-2)13-17(28)14-20(23)35-27/h4-14,21-22,28,31H,1-3H3/t21-,22?,26+,27+/m1/s1. The van der Waals surface area contributed by atoms with Gasteiger partial charge < -0.3 is 29.2 Å². The van der Waals surface area contributed by atoms with Gasteiger partial charge in [0.25, 0.3) is 0 Å². The summed E-state index contributed by atoms with van der Waals surface area (Å²) in [4.78, 5) is 27.2. The van der Waals surface area contributed by atoms with Crippen LogP contribution in [0.15, 0.2) is 66.7 Å². The van der Waals surface area contributed by atoms with Crippen molar-refractivity contribution in [1.82, 2.24) is 0 Å². The monoisotopic (exact) mass is 476 g/mol. The summed E-state index contributed by atoms with van der Waals surface area (Å²) in [7, 11) is 4.08. The van der Waals surface area contributed by atoms with Crippen LogP contribution in [0.3, 0.4) is 0 Å². The smallest absolute Gasteiger partial charge is 0.317 e. The predicted molar refractivity (Wildman–Crippen MR) is 124 cm³/mol. The molecule has 0 radical (unpaired) electrons. The summed E-state index contributed by atoms with van der Waals surface area (Å²) < 4.78 is 22.3. The van der Waals surface area contributed by atoms with E-state index in [2.05, 4.69) is 0 Å². The number of ether oxygens (including phenoxy) is 4. The van der Waals surface area contributed by atoms with Gasteiger partial charge in [-0.3, -0.25) is 9.59 Å². The van der Waals surface area contributed by atoms with E-state index in [1.54, 1.807) is 48.5 Å². The highest BCUT2D eigenvalue weighted by atomic mass is 16.5. The third-order valence-corrected chi connectivity index (χ3v) is 6.98. The van der Waals surface area contributed by atoms with Crippen LogP contribution < -0.4 is 14.2 Å². The molecule has 0 spiro atoms. The minimum Gasteiger partial charge on any atom is -0.508 e. The van der Waals surface area contributed by atoms with E-state index in [0.717, 1.165) is 0 Å². The van der Waals surface area contributed by atoms with Crippen molar-refractivity contribution in [1.29, 1.82) is 0 Å². The molecule has 35 heavy (non-hydrogen) atoms. The van der Waals surface area contributed by atoms with Crippen molar-refractivity contribution in [2.45, 2.75) is 17.1 Å². The zero-order valence-corrected chi connectivity index (χ0v) is 19.3. The molecule has 0 amide bonds. The molecule has 0 aromatic heterocycles. The number of carbonyl (C=O) groups is 2. The summed E-state index contributed by atoms with van der Waals surface area (Å²) in [6.45, 7) is 0. The van der Waals surface area contributed by atoms with Gasteiger partial charge in [-0.1, -0.05) is 42.5 Å². The van der Waals surface area contributed by atoms with Gasteiger partial charge in [-0.15, -0.1) is 0 Å². The largest absolute Gasteiger partial charge is 0.508 e. The van der Waals surface area contributed by atoms with Crippen molar-refractivity contribution in [2.24, 2.45) is 5.92 Å². The first-order chi connectivity index (χ1) is 16.8. The molecule has 1 fully saturated rings. The van der Waals surface area contributed by atoms with Crippen LogP contribution in [0.5, 0.6) is 23.0 Å². The number of aromatic hydroxyl groups is 1. The molecule has 1 aliphatic carbocycles. The first-order valence-corrected chi connectivity index (χ1v) is 11.0. The van der Waals surface area contributed by atoms with Crippen LogP contribution >= 0.6 is 0 Å². The van der Waals surface area contributed by atoms with Gasteiger partial charge in [-0.2, -0.15) is 0 Å². The maximum Gasteiger partial charge on any atom is 0.317 e. The lowest BCUT2D eigenvalue weighted by atomic mass is 9.70. The topological polar surface area (TPSA) is 112 Å². The number of rotatable bonds is 5. The Kier molecular flexibility index (Phi) is 5.21. The Morgan fingerprint density at radius 2 is 1.66 bits per heavy atom. The van der Waals surface area contributed by atoms with Crippen LogP contribution in [0.4, 0.5) is 0 Å². The summed E-state index contributed by atoms with van der Waals surface area (Å²) >= 11 is 0. The van der Waals surface area contributed by atoms with Gasteiger partial charge in [-0.05, 0) is 17.7 Å². The van der Waals surface area contributed by atoms with Gasteiger partial charge in [0, 0.05) is 17.7 Å². The lowest BCUT2D eigenvalue weighted by Crippen LogP contribution is -2.50. The molecule has 180 valence electrons. The number of hydrogen-bond acceptors (Lipinski definition) is 8. The van der Waals surface area contributed by atoms with Gasteiger partial charge in [0.05, 0.1) is 32.8 Å². The molecule has 8 nitrogen and oxygen atoms in total. The second-order valence-electron chi connectivity index (χ2n) is 8.55. The molecule has 8 heteroatoms. The van der Waals surface area contributed by atoms with Crippen LogP contribution in [0, 0.1) is 5.92 Å². The molecule has 3 aromatic carbocycles. The quantitative estimate of drug-likeness (QED) is 0.427. The summed E-state index contributed by atoms with van der Waals surface area (Å²) in [6.07, 6.45) is 0. The maximum absolute atomic E-state index is 14.1. The molecule has 1 heterocycles. The number of methoxy groups -OCH3 is 3. The number of benzene rings is 3. The highest BCUT2D eigenvalue weighted by molar-refractivity contribution is 6.10. The number of ketones is 1. The third-order valence-electron chi connectivity index (χ3n) is 6.98. The van der Waals surface area contributed by atoms with Crippen molar-refractivity contribution in [3.05, 3.63) is 83.4 Å². The van der Waals surface area contributed by atoms with E-state index in [1.165, 1.54) is 33.5 Å². The fourth-order valence-corrected chi connectivity index (χ4v) is 5.56. The minimum atomic E-state index is -2.34. The Labute approximate surface area is 201 Å². The molecule has 1 unspecified atom stereocenters. The van der Waals surface area contributed by atoms with Gasteiger partial charge >= 0.3 is 5.97 Å². The number of esters is 1. The number of aliphatic hydroxyl groups is 1. The average Bonchev–Trinajstić information content (AvgIpc) is 3.26. The number of phenols is 1. The Bertz CT molecular complexity index is 1300. The highest BCUT2D eigenvalue weighted by Crippen LogP contribution is 2.68.